The van der Waals surface area contributed by atoms with Crippen molar-refractivity contribution in [2.45, 2.75) is 79.1 Å². The van der Waals surface area contributed by atoms with Crippen molar-refractivity contribution < 1.29 is 0 Å². The maximum absolute atomic E-state index is 4.68. The van der Waals surface area contributed by atoms with Gasteiger partial charge in [-0.3, -0.25) is 4.98 Å². The average Bonchev–Trinajstić information content (AvgIpc) is 2.75. The van der Waals surface area contributed by atoms with Crippen LogP contribution in [-0.4, -0.2) is 4.98 Å². The highest BCUT2D eigenvalue weighted by molar-refractivity contribution is 5.62. The fraction of sp³-hybridized carbons (Fsp3) is 0.522. The van der Waals surface area contributed by atoms with Crippen LogP contribution in [0, 0.1) is 0 Å². The smallest absolute Gasteiger partial charge is 0.0705 e. The molecule has 1 aliphatic carbocycles. The summed E-state index contributed by atoms with van der Waals surface area (Å²) in [4.78, 5) is 4.68. The zero-order chi connectivity index (χ0) is 18.4. The second kappa shape index (κ2) is 8.46. The molecule has 1 heteroatoms. The minimum Gasteiger partial charge on any atom is -0.256 e. The predicted octanol–water partition coefficient (Wildman–Crippen LogP) is 7.15. The van der Waals surface area contributed by atoms with Gasteiger partial charge in [-0.2, -0.15) is 0 Å². The van der Waals surface area contributed by atoms with E-state index < -0.39 is 0 Å². The van der Waals surface area contributed by atoms with Gasteiger partial charge in [-0.1, -0.05) is 92.1 Å². The van der Waals surface area contributed by atoms with E-state index in [1.807, 2.05) is 19.9 Å². The molecule has 0 spiro atoms. The summed E-state index contributed by atoms with van der Waals surface area (Å²) >= 11 is 0. The summed E-state index contributed by atoms with van der Waals surface area (Å²) in [6.45, 7) is 17.6. The standard InChI is InChI=1S/C18H21N.C3H8.C2H6/c1-17(2)12-18(3,4)15-11-19-16(10-14(15)17)13-8-6-5-7-9-13;1-3-2;1-2/h5-11H,12H2,1-4H3;3H2,1-2H3;1-2H3. The third-order valence-electron chi connectivity index (χ3n) is 4.32. The van der Waals surface area contributed by atoms with E-state index in [1.54, 1.807) is 0 Å². The minimum absolute atomic E-state index is 0.237. The molecule has 0 aliphatic heterocycles. The summed E-state index contributed by atoms with van der Waals surface area (Å²) in [6, 6.07) is 12.7. The Morgan fingerprint density at radius 2 is 1.38 bits per heavy atom. The van der Waals surface area contributed by atoms with Crippen LogP contribution in [0.5, 0.6) is 0 Å². The Hall–Kier alpha value is -1.63. The Balaban J connectivity index is 0.000000521. The lowest BCUT2D eigenvalue weighted by atomic mass is 9.82. The van der Waals surface area contributed by atoms with Gasteiger partial charge in [0.2, 0.25) is 0 Å². The lowest BCUT2D eigenvalue weighted by Gasteiger charge is -2.22. The summed E-state index contributed by atoms with van der Waals surface area (Å²) in [6.07, 6.45) is 4.53. The first-order valence-electron chi connectivity index (χ1n) is 9.38. The van der Waals surface area contributed by atoms with Crippen molar-refractivity contribution >= 4 is 0 Å². The number of benzene rings is 1. The van der Waals surface area contributed by atoms with E-state index in [9.17, 15) is 0 Å². The number of nitrogens with zero attached hydrogens (tertiary/aromatic N) is 1. The van der Waals surface area contributed by atoms with Gasteiger partial charge in [0, 0.05) is 11.8 Å². The van der Waals surface area contributed by atoms with E-state index >= 15 is 0 Å². The Morgan fingerprint density at radius 1 is 0.875 bits per heavy atom. The summed E-state index contributed by atoms with van der Waals surface area (Å²) in [5.41, 5.74) is 5.64. The Kier molecular flexibility index (Phi) is 7.20. The molecule has 0 saturated carbocycles. The van der Waals surface area contributed by atoms with Crippen LogP contribution in [0.15, 0.2) is 42.6 Å². The lowest BCUT2D eigenvalue weighted by molar-refractivity contribution is 0.403. The van der Waals surface area contributed by atoms with Crippen LogP contribution in [0.2, 0.25) is 0 Å². The van der Waals surface area contributed by atoms with E-state index in [-0.39, 0.29) is 10.8 Å². The molecule has 3 rings (SSSR count). The van der Waals surface area contributed by atoms with Gasteiger partial charge in [-0.25, -0.2) is 0 Å². The molecule has 0 amide bonds. The van der Waals surface area contributed by atoms with Crippen LogP contribution < -0.4 is 0 Å². The van der Waals surface area contributed by atoms with Gasteiger partial charge in [0.1, 0.15) is 0 Å². The predicted molar refractivity (Wildman–Crippen MR) is 108 cm³/mol. The zero-order valence-electron chi connectivity index (χ0n) is 16.9. The molecule has 1 aliphatic rings. The Labute approximate surface area is 149 Å². The van der Waals surface area contributed by atoms with Crippen LogP contribution in [0.25, 0.3) is 11.3 Å². The topological polar surface area (TPSA) is 12.9 Å². The number of rotatable bonds is 1. The molecule has 0 atom stereocenters. The second-order valence-electron chi connectivity index (χ2n) is 7.63. The lowest BCUT2D eigenvalue weighted by Crippen LogP contribution is -2.17. The number of hydrogen-bond donors (Lipinski definition) is 0. The molecule has 0 N–H and O–H groups in total. The number of aromatic nitrogens is 1. The first-order chi connectivity index (χ1) is 11.3. The zero-order valence-corrected chi connectivity index (χ0v) is 16.9. The molecule has 1 nitrogen and oxygen atoms in total. The summed E-state index contributed by atoms with van der Waals surface area (Å²) in [5, 5.41) is 0. The van der Waals surface area contributed by atoms with E-state index in [0.717, 1.165) is 5.69 Å². The normalized spacial score (nSPS) is 16.2. The van der Waals surface area contributed by atoms with E-state index in [1.165, 1.54) is 29.5 Å². The third kappa shape index (κ3) is 4.47. The molecule has 2 aromatic rings. The van der Waals surface area contributed by atoms with Gasteiger partial charge < -0.3 is 0 Å². The molecule has 1 heterocycles. The maximum Gasteiger partial charge on any atom is 0.0705 e. The van der Waals surface area contributed by atoms with Crippen LogP contribution in [-0.2, 0) is 10.8 Å². The molecule has 0 radical (unpaired) electrons. The van der Waals surface area contributed by atoms with E-state index in [4.69, 9.17) is 0 Å². The van der Waals surface area contributed by atoms with Gasteiger partial charge in [0.25, 0.3) is 0 Å². The molecule has 0 saturated heterocycles. The maximum atomic E-state index is 4.68. The van der Waals surface area contributed by atoms with Gasteiger partial charge in [-0.15, -0.1) is 0 Å². The van der Waals surface area contributed by atoms with Crippen molar-refractivity contribution in [1.82, 2.24) is 4.98 Å². The summed E-state index contributed by atoms with van der Waals surface area (Å²) < 4.78 is 0. The first-order valence-corrected chi connectivity index (χ1v) is 9.38. The molecule has 24 heavy (non-hydrogen) atoms. The molecule has 132 valence electrons. The highest BCUT2D eigenvalue weighted by Gasteiger charge is 2.42. The summed E-state index contributed by atoms with van der Waals surface area (Å²) in [5.74, 6) is 0. The van der Waals surface area contributed by atoms with Crippen molar-refractivity contribution in [3.63, 3.8) is 0 Å². The monoisotopic (exact) mass is 325 g/mol. The number of pyridine rings is 1. The SMILES string of the molecule is CC.CC1(C)CC(C)(C)c2cc(-c3ccccc3)ncc21.CCC. The average molecular weight is 326 g/mol. The Morgan fingerprint density at radius 3 is 1.92 bits per heavy atom. The highest BCUT2D eigenvalue weighted by Crippen LogP contribution is 2.49. The van der Waals surface area contributed by atoms with Gasteiger partial charge in [-0.05, 0) is 34.4 Å². The molecule has 0 bridgehead atoms. The fourth-order valence-corrected chi connectivity index (χ4v) is 3.62. The first kappa shape index (κ1) is 20.4. The van der Waals surface area contributed by atoms with Crippen molar-refractivity contribution in [3.05, 3.63) is 53.7 Å². The molecule has 0 unspecified atom stereocenters. The van der Waals surface area contributed by atoms with Crippen LogP contribution in [0.3, 0.4) is 0 Å². The molecular formula is C23H35N. The van der Waals surface area contributed by atoms with Crippen molar-refractivity contribution in [3.8, 4) is 11.3 Å². The minimum atomic E-state index is 0.237. The van der Waals surface area contributed by atoms with Gasteiger partial charge >= 0.3 is 0 Å². The van der Waals surface area contributed by atoms with Crippen LogP contribution in [0.4, 0.5) is 0 Å². The van der Waals surface area contributed by atoms with Crippen molar-refractivity contribution in [2.75, 3.05) is 0 Å². The van der Waals surface area contributed by atoms with E-state index in [2.05, 4.69) is 83.1 Å². The van der Waals surface area contributed by atoms with Crippen molar-refractivity contribution in [1.29, 1.82) is 0 Å². The summed E-state index contributed by atoms with van der Waals surface area (Å²) in [7, 11) is 0. The molecular weight excluding hydrogens is 290 g/mol. The van der Waals surface area contributed by atoms with Gasteiger partial charge in [0.15, 0.2) is 0 Å². The molecule has 1 aromatic carbocycles. The van der Waals surface area contributed by atoms with E-state index in [0.29, 0.717) is 0 Å². The Bertz CT molecular complexity index is 624. The fourth-order valence-electron chi connectivity index (χ4n) is 3.62. The van der Waals surface area contributed by atoms with Gasteiger partial charge in [0.05, 0.1) is 5.69 Å². The second-order valence-corrected chi connectivity index (χ2v) is 7.63. The number of hydrogen-bond acceptors (Lipinski definition) is 1. The molecule has 0 fully saturated rings. The van der Waals surface area contributed by atoms with Crippen LogP contribution in [0.1, 0.15) is 79.4 Å². The largest absolute Gasteiger partial charge is 0.256 e. The van der Waals surface area contributed by atoms with Crippen molar-refractivity contribution in [2.24, 2.45) is 0 Å². The highest BCUT2D eigenvalue weighted by atomic mass is 14.7. The molecule has 1 aromatic heterocycles. The quantitative estimate of drug-likeness (QED) is 0.542. The third-order valence-corrected chi connectivity index (χ3v) is 4.32. The number of fused-ring (bicyclic) bond motifs is 1. The van der Waals surface area contributed by atoms with Crippen LogP contribution >= 0.6 is 0 Å².